The van der Waals surface area contributed by atoms with Gasteiger partial charge in [0.15, 0.2) is 0 Å². The summed E-state index contributed by atoms with van der Waals surface area (Å²) < 4.78 is 0. The second-order valence-corrected chi connectivity index (χ2v) is 4.39. The van der Waals surface area contributed by atoms with Gasteiger partial charge in [-0.2, -0.15) is 5.06 Å². The van der Waals surface area contributed by atoms with Crippen molar-refractivity contribution in [1.29, 1.82) is 0 Å². The van der Waals surface area contributed by atoms with Gasteiger partial charge in [-0.3, -0.25) is 4.84 Å². The van der Waals surface area contributed by atoms with E-state index in [9.17, 15) is 9.90 Å². The second kappa shape index (κ2) is 5.29. The molecule has 0 spiro atoms. The number of phenolic OH excluding ortho intramolecular Hbond substituents is 1. The molecule has 17 heavy (non-hydrogen) atoms. The van der Waals surface area contributed by atoms with Crippen LogP contribution in [0.1, 0.15) is 30.9 Å². The molecular formula is C13H17NO3. The van der Waals surface area contributed by atoms with E-state index in [1.807, 2.05) is 18.1 Å². The molecule has 0 aromatic heterocycles. The van der Waals surface area contributed by atoms with E-state index in [1.54, 1.807) is 12.1 Å². The van der Waals surface area contributed by atoms with Crippen molar-refractivity contribution in [2.45, 2.75) is 39.0 Å². The number of hydrogen-bond acceptors (Lipinski definition) is 4. The number of aldehydes is 1. The average Bonchev–Trinajstić information content (AvgIpc) is 2.35. The van der Waals surface area contributed by atoms with E-state index >= 15 is 0 Å². The van der Waals surface area contributed by atoms with Crippen LogP contribution in [-0.4, -0.2) is 22.5 Å². The van der Waals surface area contributed by atoms with Crippen molar-refractivity contribution < 1.29 is 14.7 Å². The summed E-state index contributed by atoms with van der Waals surface area (Å²) in [7, 11) is 0. The summed E-state index contributed by atoms with van der Waals surface area (Å²) in [6.07, 6.45) is 2.27. The molecule has 1 heterocycles. The Bertz CT molecular complexity index is 406. The molecule has 0 radical (unpaired) electrons. The highest BCUT2D eigenvalue weighted by atomic mass is 16.7. The molecule has 1 aliphatic rings. The molecule has 1 atom stereocenters. The number of nitrogens with zero attached hydrogens (tertiary/aromatic N) is 1. The molecule has 0 bridgehead atoms. The van der Waals surface area contributed by atoms with E-state index in [4.69, 9.17) is 4.84 Å². The summed E-state index contributed by atoms with van der Waals surface area (Å²) in [4.78, 5) is 16.0. The van der Waals surface area contributed by atoms with Gasteiger partial charge in [-0.1, -0.05) is 6.07 Å². The van der Waals surface area contributed by atoms with E-state index in [2.05, 4.69) is 0 Å². The molecule has 0 saturated heterocycles. The monoisotopic (exact) mass is 235 g/mol. The van der Waals surface area contributed by atoms with Gasteiger partial charge in [-0.25, -0.2) is 0 Å². The minimum absolute atomic E-state index is 0.204. The van der Waals surface area contributed by atoms with Crippen LogP contribution in [0.3, 0.4) is 0 Å². The summed E-state index contributed by atoms with van der Waals surface area (Å²) in [5.41, 5.74) is 2.20. The molecule has 0 saturated carbocycles. The summed E-state index contributed by atoms with van der Waals surface area (Å²) >= 11 is 0. The number of benzene rings is 1. The van der Waals surface area contributed by atoms with Crippen LogP contribution >= 0.6 is 0 Å². The van der Waals surface area contributed by atoms with Crippen molar-refractivity contribution in [2.24, 2.45) is 0 Å². The predicted octanol–water partition coefficient (Wildman–Crippen LogP) is 2.01. The zero-order valence-electron chi connectivity index (χ0n) is 9.93. The minimum atomic E-state index is 0.204. The molecular weight excluding hydrogens is 218 g/mol. The summed E-state index contributed by atoms with van der Waals surface area (Å²) in [6, 6.07) is 5.54. The number of hydroxylamine groups is 2. The van der Waals surface area contributed by atoms with E-state index in [-0.39, 0.29) is 11.8 Å². The third kappa shape index (κ3) is 2.84. The first-order valence-corrected chi connectivity index (χ1v) is 5.84. The van der Waals surface area contributed by atoms with Crippen LogP contribution in [0.15, 0.2) is 18.2 Å². The molecule has 1 unspecified atom stereocenters. The molecule has 4 heteroatoms. The molecule has 1 N–H and O–H groups in total. The molecule has 1 aliphatic heterocycles. The second-order valence-electron chi connectivity index (χ2n) is 4.39. The van der Waals surface area contributed by atoms with Crippen molar-refractivity contribution in [1.82, 2.24) is 5.06 Å². The lowest BCUT2D eigenvalue weighted by Gasteiger charge is -2.32. The maximum atomic E-state index is 10.3. The highest BCUT2D eigenvalue weighted by Crippen LogP contribution is 2.25. The summed E-state index contributed by atoms with van der Waals surface area (Å²) in [6.45, 7) is 3.22. The van der Waals surface area contributed by atoms with Gasteiger partial charge in [0, 0.05) is 19.0 Å². The lowest BCUT2D eigenvalue weighted by atomic mass is 10.1. The van der Waals surface area contributed by atoms with Gasteiger partial charge < -0.3 is 9.90 Å². The molecule has 1 aromatic carbocycles. The highest BCUT2D eigenvalue weighted by Gasteiger charge is 2.21. The molecule has 0 aliphatic carbocycles. The first kappa shape index (κ1) is 12.1. The Kier molecular flexibility index (Phi) is 3.76. The number of hydrogen-bond donors (Lipinski definition) is 1. The number of fused-ring (bicyclic) bond motifs is 1. The molecule has 1 aromatic rings. The van der Waals surface area contributed by atoms with Crippen molar-refractivity contribution in [2.75, 3.05) is 0 Å². The van der Waals surface area contributed by atoms with Crippen LogP contribution in [0.5, 0.6) is 5.75 Å². The number of carbonyl (C=O) groups excluding carboxylic acids is 1. The summed E-state index contributed by atoms with van der Waals surface area (Å²) in [5, 5.41) is 11.3. The molecule has 4 nitrogen and oxygen atoms in total. The first-order chi connectivity index (χ1) is 8.20. The van der Waals surface area contributed by atoms with Crippen molar-refractivity contribution >= 4 is 6.29 Å². The van der Waals surface area contributed by atoms with Gasteiger partial charge in [-0.15, -0.1) is 0 Å². The summed E-state index contributed by atoms with van der Waals surface area (Å²) in [5.74, 6) is 0.283. The lowest BCUT2D eigenvalue weighted by molar-refractivity contribution is -0.210. The fourth-order valence-electron chi connectivity index (χ4n) is 2.00. The Morgan fingerprint density at radius 3 is 3.12 bits per heavy atom. The van der Waals surface area contributed by atoms with Gasteiger partial charge >= 0.3 is 0 Å². The fourth-order valence-corrected chi connectivity index (χ4v) is 2.00. The number of aromatic hydroxyl groups is 1. The highest BCUT2D eigenvalue weighted by molar-refractivity contribution is 5.49. The van der Waals surface area contributed by atoms with Gasteiger partial charge in [0.25, 0.3) is 0 Å². The quantitative estimate of drug-likeness (QED) is 0.811. The van der Waals surface area contributed by atoms with Crippen LogP contribution in [0, 0.1) is 0 Å². The Morgan fingerprint density at radius 1 is 1.53 bits per heavy atom. The number of phenols is 1. The van der Waals surface area contributed by atoms with Gasteiger partial charge in [0.05, 0.1) is 6.61 Å². The normalized spacial score (nSPS) is 17.5. The fraction of sp³-hybridized carbons (Fsp3) is 0.462. The number of rotatable bonds is 4. The Hall–Kier alpha value is -1.39. The van der Waals surface area contributed by atoms with Crippen molar-refractivity contribution in [3.8, 4) is 5.75 Å². The number of carbonyl (C=O) groups is 1. The van der Waals surface area contributed by atoms with Crippen LogP contribution < -0.4 is 0 Å². The molecule has 0 fully saturated rings. The van der Waals surface area contributed by atoms with Crippen LogP contribution in [0.25, 0.3) is 0 Å². The standard InChI is InChI=1S/C13H17NO3/c1-10(3-2-6-15)14-8-12-7-13(16)5-4-11(12)9-17-14/h4-7,10,16H,2-3,8-9H2,1H3. The minimum Gasteiger partial charge on any atom is -0.508 e. The molecule has 92 valence electrons. The maximum Gasteiger partial charge on any atom is 0.120 e. The van der Waals surface area contributed by atoms with Crippen molar-refractivity contribution in [3.05, 3.63) is 29.3 Å². The van der Waals surface area contributed by atoms with E-state index in [0.29, 0.717) is 19.6 Å². The largest absolute Gasteiger partial charge is 0.508 e. The van der Waals surface area contributed by atoms with E-state index in [1.165, 1.54) is 0 Å². The van der Waals surface area contributed by atoms with E-state index in [0.717, 1.165) is 23.8 Å². The van der Waals surface area contributed by atoms with Gasteiger partial charge in [0.1, 0.15) is 12.0 Å². The van der Waals surface area contributed by atoms with Gasteiger partial charge in [0.2, 0.25) is 0 Å². The topological polar surface area (TPSA) is 49.8 Å². The van der Waals surface area contributed by atoms with Crippen LogP contribution in [-0.2, 0) is 22.8 Å². The Labute approximate surface area is 101 Å². The van der Waals surface area contributed by atoms with Crippen LogP contribution in [0.4, 0.5) is 0 Å². The third-order valence-corrected chi connectivity index (χ3v) is 3.10. The van der Waals surface area contributed by atoms with Crippen molar-refractivity contribution in [3.63, 3.8) is 0 Å². The Morgan fingerprint density at radius 2 is 2.35 bits per heavy atom. The molecule has 2 rings (SSSR count). The molecule has 0 amide bonds. The first-order valence-electron chi connectivity index (χ1n) is 5.84. The van der Waals surface area contributed by atoms with E-state index < -0.39 is 0 Å². The Balaban J connectivity index is 2.04. The SMILES string of the molecule is CC(CCC=O)N1Cc2cc(O)ccc2CO1. The average molecular weight is 235 g/mol. The predicted molar refractivity (Wildman–Crippen MR) is 63.2 cm³/mol. The zero-order valence-corrected chi connectivity index (χ0v) is 9.93. The lowest BCUT2D eigenvalue weighted by Crippen LogP contribution is -2.35. The smallest absolute Gasteiger partial charge is 0.120 e. The van der Waals surface area contributed by atoms with Crippen LogP contribution in [0.2, 0.25) is 0 Å². The zero-order chi connectivity index (χ0) is 12.3. The maximum absolute atomic E-state index is 10.3. The van der Waals surface area contributed by atoms with Gasteiger partial charge in [-0.05, 0) is 36.6 Å². The third-order valence-electron chi connectivity index (χ3n) is 3.10.